The van der Waals surface area contributed by atoms with Crippen LogP contribution in [0.15, 0.2) is 54.9 Å². The van der Waals surface area contributed by atoms with Gasteiger partial charge in [-0.05, 0) is 30.7 Å². The van der Waals surface area contributed by atoms with Crippen LogP contribution < -0.4 is 5.32 Å². The fourth-order valence-electron chi connectivity index (χ4n) is 2.69. The van der Waals surface area contributed by atoms with E-state index in [2.05, 4.69) is 22.4 Å². The quantitative estimate of drug-likeness (QED) is 0.918. The smallest absolute Gasteiger partial charge is 0.255 e. The monoisotopic (exact) mass is 281 g/mol. The fourth-order valence-corrected chi connectivity index (χ4v) is 2.69. The molecule has 2 heterocycles. The van der Waals surface area contributed by atoms with E-state index >= 15 is 0 Å². The van der Waals surface area contributed by atoms with Crippen LogP contribution in [0.5, 0.6) is 0 Å². The molecular weight excluding hydrogens is 262 g/mol. The Kier molecular flexibility index (Phi) is 4.26. The SMILES string of the molecule is O=C(c1cccnc1)N1CCCNC(c2ccccc2)C1. The van der Waals surface area contributed by atoms with Gasteiger partial charge >= 0.3 is 0 Å². The Morgan fingerprint density at radius 2 is 2.05 bits per heavy atom. The lowest BCUT2D eigenvalue weighted by molar-refractivity contribution is 0.0752. The molecule has 1 aliphatic rings. The summed E-state index contributed by atoms with van der Waals surface area (Å²) in [6.45, 7) is 2.40. The largest absolute Gasteiger partial charge is 0.337 e. The third-order valence-electron chi connectivity index (χ3n) is 3.80. The maximum absolute atomic E-state index is 12.6. The molecule has 1 aromatic heterocycles. The van der Waals surface area contributed by atoms with Crippen LogP contribution in [0.1, 0.15) is 28.4 Å². The number of hydrogen-bond donors (Lipinski definition) is 1. The van der Waals surface area contributed by atoms with Gasteiger partial charge in [0.25, 0.3) is 5.91 Å². The summed E-state index contributed by atoms with van der Waals surface area (Å²) in [5, 5.41) is 3.52. The lowest BCUT2D eigenvalue weighted by Crippen LogP contribution is -2.36. The second kappa shape index (κ2) is 6.50. The molecule has 108 valence electrons. The molecule has 1 atom stereocenters. The van der Waals surface area contributed by atoms with Gasteiger partial charge in [-0.3, -0.25) is 9.78 Å². The average molecular weight is 281 g/mol. The molecule has 0 radical (unpaired) electrons. The summed E-state index contributed by atoms with van der Waals surface area (Å²) in [4.78, 5) is 18.6. The molecule has 1 amide bonds. The van der Waals surface area contributed by atoms with Crippen molar-refractivity contribution in [3.63, 3.8) is 0 Å². The fraction of sp³-hybridized carbons (Fsp3) is 0.294. The van der Waals surface area contributed by atoms with Crippen LogP contribution in [0.2, 0.25) is 0 Å². The van der Waals surface area contributed by atoms with Crippen molar-refractivity contribution in [3.05, 3.63) is 66.0 Å². The highest BCUT2D eigenvalue weighted by Crippen LogP contribution is 2.18. The summed E-state index contributed by atoms with van der Waals surface area (Å²) in [6, 6.07) is 14.1. The number of carbonyl (C=O) groups is 1. The van der Waals surface area contributed by atoms with Gasteiger partial charge in [0.1, 0.15) is 0 Å². The van der Waals surface area contributed by atoms with E-state index in [1.165, 1.54) is 5.56 Å². The van der Waals surface area contributed by atoms with Crippen LogP contribution >= 0.6 is 0 Å². The first-order valence-corrected chi connectivity index (χ1v) is 7.32. The number of carbonyl (C=O) groups excluding carboxylic acids is 1. The second-order valence-corrected chi connectivity index (χ2v) is 5.26. The van der Waals surface area contributed by atoms with E-state index in [1.807, 2.05) is 29.2 Å². The molecular formula is C17H19N3O. The van der Waals surface area contributed by atoms with E-state index in [9.17, 15) is 4.79 Å². The van der Waals surface area contributed by atoms with Gasteiger partial charge in [0.05, 0.1) is 5.56 Å². The highest BCUT2D eigenvalue weighted by molar-refractivity contribution is 5.93. The van der Waals surface area contributed by atoms with E-state index in [-0.39, 0.29) is 11.9 Å². The highest BCUT2D eigenvalue weighted by Gasteiger charge is 2.23. The second-order valence-electron chi connectivity index (χ2n) is 5.26. The minimum absolute atomic E-state index is 0.0627. The van der Waals surface area contributed by atoms with E-state index < -0.39 is 0 Å². The van der Waals surface area contributed by atoms with Crippen LogP contribution in [-0.4, -0.2) is 35.4 Å². The Morgan fingerprint density at radius 1 is 1.19 bits per heavy atom. The molecule has 0 aliphatic carbocycles. The third-order valence-corrected chi connectivity index (χ3v) is 3.80. The average Bonchev–Trinajstić information content (AvgIpc) is 2.82. The summed E-state index contributed by atoms with van der Waals surface area (Å²) in [5.41, 5.74) is 1.88. The highest BCUT2D eigenvalue weighted by atomic mass is 16.2. The predicted octanol–water partition coefficient (Wildman–Crippen LogP) is 2.26. The maximum atomic E-state index is 12.6. The number of nitrogens with one attached hydrogen (secondary N) is 1. The molecule has 0 spiro atoms. The van der Waals surface area contributed by atoms with E-state index in [1.54, 1.807) is 18.5 Å². The molecule has 21 heavy (non-hydrogen) atoms. The van der Waals surface area contributed by atoms with Crippen molar-refractivity contribution >= 4 is 5.91 Å². The molecule has 1 saturated heterocycles. The predicted molar refractivity (Wildman–Crippen MR) is 81.9 cm³/mol. The Labute approximate surface area is 124 Å². The minimum Gasteiger partial charge on any atom is -0.337 e. The summed E-state index contributed by atoms with van der Waals surface area (Å²) in [5.74, 6) is 0.0627. The topological polar surface area (TPSA) is 45.2 Å². The lowest BCUT2D eigenvalue weighted by Gasteiger charge is -2.25. The van der Waals surface area contributed by atoms with Crippen LogP contribution in [0, 0.1) is 0 Å². The Bertz CT molecular complexity index is 585. The molecule has 4 nitrogen and oxygen atoms in total. The van der Waals surface area contributed by atoms with E-state index in [4.69, 9.17) is 0 Å². The standard InChI is InChI=1S/C17H19N3O/c21-17(15-8-4-9-18-12-15)20-11-5-10-19-16(13-20)14-6-2-1-3-7-14/h1-4,6-9,12,16,19H,5,10-11,13H2. The molecule has 0 saturated carbocycles. The van der Waals surface area contributed by atoms with Crippen molar-refractivity contribution in [1.82, 2.24) is 15.2 Å². The Balaban J connectivity index is 1.78. The van der Waals surface area contributed by atoms with Gasteiger partial charge in [0.2, 0.25) is 0 Å². The first-order chi connectivity index (χ1) is 10.3. The lowest BCUT2D eigenvalue weighted by atomic mass is 10.1. The van der Waals surface area contributed by atoms with E-state index in [0.717, 1.165) is 19.5 Å². The number of nitrogens with zero attached hydrogens (tertiary/aromatic N) is 2. The Hall–Kier alpha value is -2.20. The molecule has 1 aliphatic heterocycles. The van der Waals surface area contributed by atoms with E-state index in [0.29, 0.717) is 12.1 Å². The number of aromatic nitrogens is 1. The van der Waals surface area contributed by atoms with Gasteiger partial charge in [-0.25, -0.2) is 0 Å². The zero-order chi connectivity index (χ0) is 14.5. The molecule has 0 bridgehead atoms. The minimum atomic E-state index is 0.0627. The Morgan fingerprint density at radius 3 is 2.81 bits per heavy atom. The van der Waals surface area contributed by atoms with Crippen molar-refractivity contribution in [2.75, 3.05) is 19.6 Å². The summed E-state index contributed by atoms with van der Waals surface area (Å²) >= 11 is 0. The van der Waals surface area contributed by atoms with Crippen molar-refractivity contribution in [3.8, 4) is 0 Å². The molecule has 2 aromatic rings. The number of hydrogen-bond acceptors (Lipinski definition) is 3. The summed E-state index contributed by atoms with van der Waals surface area (Å²) in [7, 11) is 0. The molecule has 3 rings (SSSR count). The zero-order valence-electron chi connectivity index (χ0n) is 11.9. The van der Waals surface area contributed by atoms with Gasteiger partial charge in [-0.1, -0.05) is 30.3 Å². The molecule has 1 N–H and O–H groups in total. The first-order valence-electron chi connectivity index (χ1n) is 7.32. The number of pyridine rings is 1. The van der Waals surface area contributed by atoms with Gasteiger partial charge < -0.3 is 10.2 Å². The molecule has 1 unspecified atom stereocenters. The molecule has 4 heteroatoms. The summed E-state index contributed by atoms with van der Waals surface area (Å²) in [6.07, 6.45) is 4.29. The maximum Gasteiger partial charge on any atom is 0.255 e. The number of amides is 1. The number of benzene rings is 1. The number of rotatable bonds is 2. The first kappa shape index (κ1) is 13.8. The van der Waals surface area contributed by atoms with Gasteiger partial charge in [-0.2, -0.15) is 0 Å². The van der Waals surface area contributed by atoms with Crippen LogP contribution in [-0.2, 0) is 0 Å². The van der Waals surface area contributed by atoms with Crippen molar-refractivity contribution in [2.24, 2.45) is 0 Å². The van der Waals surface area contributed by atoms with Gasteiger partial charge in [0.15, 0.2) is 0 Å². The normalized spacial score (nSPS) is 19.0. The van der Waals surface area contributed by atoms with Crippen molar-refractivity contribution < 1.29 is 4.79 Å². The molecule has 1 aromatic carbocycles. The third kappa shape index (κ3) is 3.28. The van der Waals surface area contributed by atoms with Crippen molar-refractivity contribution in [2.45, 2.75) is 12.5 Å². The molecule has 1 fully saturated rings. The van der Waals surface area contributed by atoms with Crippen LogP contribution in [0.3, 0.4) is 0 Å². The van der Waals surface area contributed by atoms with Gasteiger partial charge in [-0.15, -0.1) is 0 Å². The zero-order valence-corrected chi connectivity index (χ0v) is 11.9. The van der Waals surface area contributed by atoms with Crippen LogP contribution in [0.25, 0.3) is 0 Å². The van der Waals surface area contributed by atoms with Gasteiger partial charge in [0, 0.05) is 31.5 Å². The van der Waals surface area contributed by atoms with Crippen LogP contribution in [0.4, 0.5) is 0 Å². The summed E-state index contributed by atoms with van der Waals surface area (Å²) < 4.78 is 0. The van der Waals surface area contributed by atoms with Crippen molar-refractivity contribution in [1.29, 1.82) is 0 Å².